The van der Waals surface area contributed by atoms with E-state index in [9.17, 15) is 9.59 Å². The number of carbonyl (C=O) groups excluding carboxylic acids is 2. The van der Waals surface area contributed by atoms with E-state index in [2.05, 4.69) is 23.5 Å². The molecule has 5 nitrogen and oxygen atoms in total. The summed E-state index contributed by atoms with van der Waals surface area (Å²) < 4.78 is -0.786. The van der Waals surface area contributed by atoms with Gasteiger partial charge in [-0.05, 0) is 55.7 Å². The van der Waals surface area contributed by atoms with Gasteiger partial charge in [0.15, 0.2) is 0 Å². The third kappa shape index (κ3) is 4.96. The van der Waals surface area contributed by atoms with E-state index >= 15 is 0 Å². The largest absolute Gasteiger partial charge is 0.352 e. The number of hydrogen-bond donors (Lipinski definition) is 3. The van der Waals surface area contributed by atoms with Gasteiger partial charge in [0.1, 0.15) is 0 Å². The molecule has 1 aromatic rings. The normalized spacial score (nSPS) is 15.9. The van der Waals surface area contributed by atoms with Crippen molar-refractivity contribution in [2.45, 2.75) is 30.9 Å². The molecule has 1 aliphatic carbocycles. The number of hydroxylamine groups is 1. The molecule has 25 heavy (non-hydrogen) atoms. The molecule has 1 unspecified atom stereocenters. The average Bonchev–Trinajstić information content (AvgIpc) is 2.67. The lowest BCUT2D eigenvalue weighted by atomic mass is 9.98. The molecule has 134 valence electrons. The molecule has 6 heteroatoms. The van der Waals surface area contributed by atoms with E-state index in [1.165, 1.54) is 17.3 Å². The molecule has 0 bridgehead atoms. The lowest BCUT2D eigenvalue weighted by Gasteiger charge is -2.24. The van der Waals surface area contributed by atoms with Gasteiger partial charge in [0, 0.05) is 12.1 Å². The Morgan fingerprint density at radius 1 is 1.24 bits per heavy atom. The Bertz CT molecular complexity index is 682. The molecule has 0 aliphatic heterocycles. The summed E-state index contributed by atoms with van der Waals surface area (Å²) in [7, 11) is 0. The van der Waals surface area contributed by atoms with Crippen molar-refractivity contribution in [1.29, 1.82) is 0 Å². The number of rotatable bonds is 7. The number of hydrogen-bond acceptors (Lipinski definition) is 4. The lowest BCUT2D eigenvalue weighted by Crippen LogP contribution is -2.43. The summed E-state index contributed by atoms with van der Waals surface area (Å²) in [5.74, 6) is -0.639. The van der Waals surface area contributed by atoms with Gasteiger partial charge >= 0.3 is 0 Å². The molecule has 2 rings (SSSR count). The van der Waals surface area contributed by atoms with E-state index in [1.54, 1.807) is 18.7 Å². The summed E-state index contributed by atoms with van der Waals surface area (Å²) in [6.45, 7) is 2.08. The van der Waals surface area contributed by atoms with Crippen LogP contribution < -0.4 is 10.8 Å². The molecule has 3 N–H and O–H groups in total. The summed E-state index contributed by atoms with van der Waals surface area (Å²) in [5.41, 5.74) is 4.55. The molecule has 0 aromatic heterocycles. The average molecular weight is 360 g/mol. The first-order valence-electron chi connectivity index (χ1n) is 8.25. The van der Waals surface area contributed by atoms with Crippen LogP contribution in [0.25, 0.3) is 5.57 Å². The highest BCUT2D eigenvalue weighted by molar-refractivity contribution is 8.00. The molecular weight excluding hydrogens is 336 g/mol. The molecule has 1 atom stereocenters. The van der Waals surface area contributed by atoms with Crippen LogP contribution in [0.4, 0.5) is 0 Å². The SMILES string of the molecule is CSC(C)(CCNC(=O)c1ccc(C2=CCCC=C2)cc1)C(=O)NO. The summed E-state index contributed by atoms with van der Waals surface area (Å²) in [5, 5.41) is 11.6. The summed E-state index contributed by atoms with van der Waals surface area (Å²) in [4.78, 5) is 23.9. The van der Waals surface area contributed by atoms with Gasteiger partial charge in [-0.2, -0.15) is 0 Å². The van der Waals surface area contributed by atoms with Crippen LogP contribution in [0.15, 0.2) is 42.5 Å². The van der Waals surface area contributed by atoms with Gasteiger partial charge in [-0.3, -0.25) is 14.8 Å². The lowest BCUT2D eigenvalue weighted by molar-refractivity contribution is -0.131. The molecule has 0 saturated carbocycles. The second kappa shape index (κ2) is 8.87. The van der Waals surface area contributed by atoms with Crippen LogP contribution in [-0.2, 0) is 4.79 Å². The number of allylic oxidation sites excluding steroid dienone is 4. The monoisotopic (exact) mass is 360 g/mol. The van der Waals surface area contributed by atoms with Crippen LogP contribution in [0, 0.1) is 0 Å². The predicted octanol–water partition coefficient (Wildman–Crippen LogP) is 3.17. The third-order valence-corrected chi connectivity index (χ3v) is 5.69. The number of nitrogens with one attached hydrogen (secondary N) is 2. The van der Waals surface area contributed by atoms with Gasteiger partial charge in [0.25, 0.3) is 11.8 Å². The topological polar surface area (TPSA) is 78.4 Å². The Kier molecular flexibility index (Phi) is 6.84. The molecule has 0 radical (unpaired) electrons. The smallest absolute Gasteiger partial charge is 0.259 e. The van der Waals surface area contributed by atoms with Gasteiger partial charge < -0.3 is 5.32 Å². The van der Waals surface area contributed by atoms with E-state index in [4.69, 9.17) is 5.21 Å². The molecule has 0 heterocycles. The van der Waals surface area contributed by atoms with E-state index in [0.717, 1.165) is 18.4 Å². The zero-order valence-corrected chi connectivity index (χ0v) is 15.4. The van der Waals surface area contributed by atoms with Gasteiger partial charge in [-0.1, -0.05) is 30.4 Å². The fraction of sp³-hybridized carbons (Fsp3) is 0.368. The van der Waals surface area contributed by atoms with E-state index in [-0.39, 0.29) is 5.91 Å². The number of benzene rings is 1. The van der Waals surface area contributed by atoms with Gasteiger partial charge in [0.05, 0.1) is 4.75 Å². The highest BCUT2D eigenvalue weighted by Gasteiger charge is 2.31. The first-order chi connectivity index (χ1) is 12.0. The Hall–Kier alpha value is -2.05. The van der Waals surface area contributed by atoms with Crippen molar-refractivity contribution in [3.05, 3.63) is 53.6 Å². The maximum Gasteiger partial charge on any atom is 0.259 e. The standard InChI is InChI=1S/C19H24N2O3S/c1-19(25-2,18(23)21-24)12-13-20-17(22)16-10-8-15(9-11-16)14-6-4-3-5-7-14/h4,6-11,24H,3,5,12-13H2,1-2H3,(H,20,22)(H,21,23). The highest BCUT2D eigenvalue weighted by atomic mass is 32.2. The van der Waals surface area contributed by atoms with Crippen molar-refractivity contribution < 1.29 is 14.8 Å². The summed E-state index contributed by atoms with van der Waals surface area (Å²) in [6, 6.07) is 7.51. The number of amides is 2. The minimum atomic E-state index is -0.786. The molecule has 0 fully saturated rings. The zero-order valence-electron chi connectivity index (χ0n) is 14.5. The number of carbonyl (C=O) groups is 2. The van der Waals surface area contributed by atoms with Gasteiger partial charge in [-0.15, -0.1) is 11.8 Å². The van der Waals surface area contributed by atoms with Crippen molar-refractivity contribution in [2.75, 3.05) is 12.8 Å². The van der Waals surface area contributed by atoms with Crippen molar-refractivity contribution in [3.8, 4) is 0 Å². The molecule has 2 amide bonds. The van der Waals surface area contributed by atoms with Gasteiger partial charge in [0.2, 0.25) is 0 Å². The van der Waals surface area contributed by atoms with Crippen molar-refractivity contribution >= 4 is 29.1 Å². The minimum absolute atomic E-state index is 0.174. The van der Waals surface area contributed by atoms with Crippen molar-refractivity contribution in [2.24, 2.45) is 0 Å². The second-order valence-corrected chi connectivity index (χ2v) is 7.41. The van der Waals surface area contributed by atoms with Gasteiger partial charge in [-0.25, -0.2) is 5.48 Å². The fourth-order valence-corrected chi connectivity index (χ4v) is 3.12. The Morgan fingerprint density at radius 3 is 2.52 bits per heavy atom. The van der Waals surface area contributed by atoms with Crippen LogP contribution in [-0.4, -0.2) is 34.6 Å². The third-order valence-electron chi connectivity index (χ3n) is 4.40. The zero-order chi connectivity index (χ0) is 18.3. The maximum atomic E-state index is 12.2. The summed E-state index contributed by atoms with van der Waals surface area (Å²) >= 11 is 1.33. The predicted molar refractivity (Wildman–Crippen MR) is 102 cm³/mol. The van der Waals surface area contributed by atoms with Crippen LogP contribution >= 0.6 is 11.8 Å². The van der Waals surface area contributed by atoms with Crippen molar-refractivity contribution in [3.63, 3.8) is 0 Å². The second-order valence-electron chi connectivity index (χ2n) is 6.10. The van der Waals surface area contributed by atoms with E-state index in [1.807, 2.05) is 24.3 Å². The van der Waals surface area contributed by atoms with Crippen LogP contribution in [0.2, 0.25) is 0 Å². The minimum Gasteiger partial charge on any atom is -0.352 e. The molecular formula is C19H24N2O3S. The molecule has 1 aromatic carbocycles. The fourth-order valence-electron chi connectivity index (χ4n) is 2.58. The van der Waals surface area contributed by atoms with Crippen molar-refractivity contribution in [1.82, 2.24) is 10.8 Å². The first kappa shape index (κ1) is 19.3. The summed E-state index contributed by atoms with van der Waals surface area (Å²) in [6.07, 6.45) is 10.8. The quantitative estimate of drug-likeness (QED) is 0.515. The number of thioether (sulfide) groups is 1. The molecule has 0 saturated heterocycles. The van der Waals surface area contributed by atoms with Crippen LogP contribution in [0.1, 0.15) is 42.1 Å². The molecule has 0 spiro atoms. The Balaban J connectivity index is 1.92. The van der Waals surface area contributed by atoms with E-state index < -0.39 is 10.7 Å². The first-order valence-corrected chi connectivity index (χ1v) is 9.47. The molecule has 1 aliphatic rings. The van der Waals surface area contributed by atoms with Crippen LogP contribution in [0.3, 0.4) is 0 Å². The van der Waals surface area contributed by atoms with Crippen LogP contribution in [0.5, 0.6) is 0 Å². The Labute approximate surface area is 152 Å². The van der Waals surface area contributed by atoms with E-state index in [0.29, 0.717) is 18.5 Å². The highest BCUT2D eigenvalue weighted by Crippen LogP contribution is 2.26. The Morgan fingerprint density at radius 2 is 1.96 bits per heavy atom. The maximum absolute atomic E-state index is 12.2.